The van der Waals surface area contributed by atoms with E-state index in [-0.39, 0.29) is 18.0 Å². The third-order valence-electron chi connectivity index (χ3n) is 5.11. The van der Waals surface area contributed by atoms with Crippen LogP contribution in [0.15, 0.2) is 0 Å². The molecular formula is C17H31N3O3. The number of carbonyl (C=O) groups excluding carboxylic acids is 2. The van der Waals surface area contributed by atoms with Crippen molar-refractivity contribution in [3.8, 4) is 0 Å². The second kappa shape index (κ2) is 6.67. The van der Waals surface area contributed by atoms with E-state index in [1.54, 1.807) is 0 Å². The molecule has 2 amide bonds. The SMILES string of the molecule is CN(C[C@@H]1CCCN1C(=O)OC(C)(C)C)C1(C(N)=O)CCCC1. The maximum atomic E-state index is 12.4. The molecule has 2 fully saturated rings. The van der Waals surface area contributed by atoms with Crippen LogP contribution in [0.5, 0.6) is 0 Å². The van der Waals surface area contributed by atoms with Crippen LogP contribution in [0.1, 0.15) is 59.3 Å². The highest BCUT2D eigenvalue weighted by Gasteiger charge is 2.45. The lowest BCUT2D eigenvalue weighted by Gasteiger charge is -2.39. The fourth-order valence-corrected chi connectivity index (χ4v) is 3.85. The molecule has 2 rings (SSSR count). The molecular weight excluding hydrogens is 294 g/mol. The van der Waals surface area contributed by atoms with Gasteiger partial charge in [0.1, 0.15) is 5.60 Å². The van der Waals surface area contributed by atoms with Crippen molar-refractivity contribution in [2.45, 2.75) is 76.5 Å². The van der Waals surface area contributed by atoms with Crippen LogP contribution in [0.4, 0.5) is 4.79 Å². The van der Waals surface area contributed by atoms with Gasteiger partial charge in [0.15, 0.2) is 0 Å². The largest absolute Gasteiger partial charge is 0.444 e. The normalized spacial score (nSPS) is 24.2. The van der Waals surface area contributed by atoms with E-state index in [0.29, 0.717) is 6.54 Å². The molecule has 1 aliphatic heterocycles. The van der Waals surface area contributed by atoms with Crippen molar-refractivity contribution in [1.82, 2.24) is 9.80 Å². The fourth-order valence-electron chi connectivity index (χ4n) is 3.85. The first-order valence-electron chi connectivity index (χ1n) is 8.66. The molecule has 0 spiro atoms. The van der Waals surface area contributed by atoms with E-state index in [1.807, 2.05) is 32.7 Å². The molecule has 0 unspecified atom stereocenters. The molecule has 1 saturated heterocycles. The summed E-state index contributed by atoms with van der Waals surface area (Å²) in [4.78, 5) is 28.3. The number of rotatable bonds is 4. The summed E-state index contributed by atoms with van der Waals surface area (Å²) in [6, 6.07) is 0.0895. The molecule has 1 atom stereocenters. The molecule has 0 aromatic rings. The van der Waals surface area contributed by atoms with Crippen LogP contribution in [-0.4, -0.2) is 59.1 Å². The Hall–Kier alpha value is -1.30. The van der Waals surface area contributed by atoms with Gasteiger partial charge in [-0.3, -0.25) is 9.69 Å². The molecule has 2 aliphatic rings. The lowest BCUT2D eigenvalue weighted by Crippen LogP contribution is -2.57. The number of likely N-dealkylation sites (N-methyl/N-ethyl adjacent to an activating group) is 1. The monoisotopic (exact) mass is 325 g/mol. The summed E-state index contributed by atoms with van der Waals surface area (Å²) in [5, 5.41) is 0. The van der Waals surface area contributed by atoms with E-state index in [2.05, 4.69) is 4.90 Å². The number of likely N-dealkylation sites (tertiary alicyclic amines) is 1. The third kappa shape index (κ3) is 3.97. The topological polar surface area (TPSA) is 75.9 Å². The van der Waals surface area contributed by atoms with Crippen molar-refractivity contribution in [3.63, 3.8) is 0 Å². The van der Waals surface area contributed by atoms with E-state index < -0.39 is 11.1 Å². The van der Waals surface area contributed by atoms with Crippen LogP contribution in [0.2, 0.25) is 0 Å². The van der Waals surface area contributed by atoms with Crippen molar-refractivity contribution in [1.29, 1.82) is 0 Å². The Balaban J connectivity index is 2.03. The highest BCUT2D eigenvalue weighted by Crippen LogP contribution is 2.35. The van der Waals surface area contributed by atoms with Gasteiger partial charge in [0.2, 0.25) is 5.91 Å². The van der Waals surface area contributed by atoms with E-state index in [0.717, 1.165) is 45.1 Å². The Morgan fingerprint density at radius 1 is 1.26 bits per heavy atom. The minimum absolute atomic E-state index is 0.0895. The number of primary amides is 1. The van der Waals surface area contributed by atoms with Crippen LogP contribution in [-0.2, 0) is 9.53 Å². The molecule has 1 saturated carbocycles. The molecule has 0 aromatic carbocycles. The van der Waals surface area contributed by atoms with Gasteiger partial charge in [-0.25, -0.2) is 4.79 Å². The van der Waals surface area contributed by atoms with Gasteiger partial charge in [-0.1, -0.05) is 12.8 Å². The van der Waals surface area contributed by atoms with E-state index >= 15 is 0 Å². The van der Waals surface area contributed by atoms with E-state index in [1.165, 1.54) is 0 Å². The van der Waals surface area contributed by atoms with Gasteiger partial charge in [-0.15, -0.1) is 0 Å². The lowest BCUT2D eigenvalue weighted by atomic mass is 9.94. The van der Waals surface area contributed by atoms with Gasteiger partial charge in [0, 0.05) is 19.1 Å². The standard InChI is InChI=1S/C17H31N3O3/c1-16(2,3)23-15(22)20-11-7-8-13(20)12-19(4)17(14(18)21)9-5-6-10-17/h13H,5-12H2,1-4H3,(H2,18,21)/t13-/m0/s1. The second-order valence-corrected chi connectivity index (χ2v) is 7.95. The van der Waals surface area contributed by atoms with Crippen molar-refractivity contribution >= 4 is 12.0 Å². The van der Waals surface area contributed by atoms with Gasteiger partial charge in [-0.2, -0.15) is 0 Å². The van der Waals surface area contributed by atoms with E-state index in [4.69, 9.17) is 10.5 Å². The number of carbonyl (C=O) groups is 2. The van der Waals surface area contributed by atoms with Gasteiger partial charge in [0.05, 0.1) is 5.54 Å². The highest BCUT2D eigenvalue weighted by molar-refractivity contribution is 5.85. The van der Waals surface area contributed by atoms with Crippen molar-refractivity contribution in [2.75, 3.05) is 20.1 Å². The molecule has 0 aromatic heterocycles. The first-order chi connectivity index (χ1) is 10.7. The third-order valence-corrected chi connectivity index (χ3v) is 5.11. The Morgan fingerprint density at radius 3 is 2.39 bits per heavy atom. The lowest BCUT2D eigenvalue weighted by molar-refractivity contribution is -0.129. The van der Waals surface area contributed by atoms with Crippen molar-refractivity contribution < 1.29 is 14.3 Å². The van der Waals surface area contributed by atoms with Crippen LogP contribution < -0.4 is 5.73 Å². The molecule has 0 radical (unpaired) electrons. The van der Waals surface area contributed by atoms with Gasteiger partial charge in [0.25, 0.3) is 0 Å². The average Bonchev–Trinajstić information content (AvgIpc) is 3.05. The fraction of sp³-hybridized carbons (Fsp3) is 0.882. The van der Waals surface area contributed by atoms with Crippen LogP contribution in [0, 0.1) is 0 Å². The quantitative estimate of drug-likeness (QED) is 0.859. The first-order valence-corrected chi connectivity index (χ1v) is 8.66. The molecule has 0 bridgehead atoms. The average molecular weight is 325 g/mol. The van der Waals surface area contributed by atoms with Gasteiger partial charge in [-0.05, 0) is 53.5 Å². The van der Waals surface area contributed by atoms with Crippen molar-refractivity contribution in [3.05, 3.63) is 0 Å². The molecule has 2 N–H and O–H groups in total. The number of amides is 2. The van der Waals surface area contributed by atoms with Crippen LogP contribution in [0.25, 0.3) is 0 Å². The Labute approximate surface area is 139 Å². The Bertz CT molecular complexity index is 452. The molecule has 1 heterocycles. The number of nitrogens with two attached hydrogens (primary N) is 1. The van der Waals surface area contributed by atoms with Gasteiger partial charge < -0.3 is 15.4 Å². The smallest absolute Gasteiger partial charge is 0.410 e. The van der Waals surface area contributed by atoms with Crippen molar-refractivity contribution in [2.24, 2.45) is 5.73 Å². The van der Waals surface area contributed by atoms with Crippen LogP contribution in [0.3, 0.4) is 0 Å². The number of hydrogen-bond donors (Lipinski definition) is 1. The Kier molecular flexibility index (Phi) is 5.23. The molecule has 23 heavy (non-hydrogen) atoms. The van der Waals surface area contributed by atoms with Gasteiger partial charge >= 0.3 is 6.09 Å². The number of nitrogens with zero attached hydrogens (tertiary/aromatic N) is 2. The zero-order valence-corrected chi connectivity index (χ0v) is 14.9. The summed E-state index contributed by atoms with van der Waals surface area (Å²) in [5.74, 6) is -0.237. The minimum Gasteiger partial charge on any atom is -0.444 e. The van der Waals surface area contributed by atoms with Crippen LogP contribution >= 0.6 is 0 Å². The predicted molar refractivity (Wildman–Crippen MR) is 89.0 cm³/mol. The number of hydrogen-bond acceptors (Lipinski definition) is 4. The summed E-state index contributed by atoms with van der Waals surface area (Å²) < 4.78 is 5.51. The Morgan fingerprint density at radius 2 is 1.87 bits per heavy atom. The highest BCUT2D eigenvalue weighted by atomic mass is 16.6. The maximum Gasteiger partial charge on any atom is 0.410 e. The second-order valence-electron chi connectivity index (χ2n) is 7.95. The molecule has 6 heteroatoms. The summed E-state index contributed by atoms with van der Waals surface area (Å²) in [6.45, 7) is 7.02. The zero-order chi connectivity index (χ0) is 17.3. The summed E-state index contributed by atoms with van der Waals surface area (Å²) in [6.07, 6.45) is 5.37. The summed E-state index contributed by atoms with van der Waals surface area (Å²) >= 11 is 0. The first kappa shape index (κ1) is 18.0. The minimum atomic E-state index is -0.539. The van der Waals surface area contributed by atoms with E-state index in [9.17, 15) is 9.59 Å². The zero-order valence-electron chi connectivity index (χ0n) is 14.9. The molecule has 1 aliphatic carbocycles. The maximum absolute atomic E-state index is 12.4. The summed E-state index contributed by atoms with van der Waals surface area (Å²) in [7, 11) is 1.96. The number of ether oxygens (including phenoxy) is 1. The molecule has 132 valence electrons. The predicted octanol–water partition coefficient (Wildman–Crippen LogP) is 2.12. The molecule has 6 nitrogen and oxygen atoms in total. The summed E-state index contributed by atoms with van der Waals surface area (Å²) in [5.41, 5.74) is 4.67.